The second-order valence-corrected chi connectivity index (χ2v) is 7.03. The van der Waals surface area contributed by atoms with Crippen molar-refractivity contribution in [1.82, 2.24) is 10.2 Å². The van der Waals surface area contributed by atoms with Crippen molar-refractivity contribution in [2.75, 3.05) is 13.1 Å². The Balaban J connectivity index is 1.52. The molecule has 2 N–H and O–H groups in total. The van der Waals surface area contributed by atoms with Crippen LogP contribution in [0, 0.1) is 5.82 Å². The maximum absolute atomic E-state index is 13.2. The fraction of sp³-hybridized carbons (Fsp3) is 0.632. The van der Waals surface area contributed by atoms with Gasteiger partial charge in [0.2, 0.25) is 0 Å². The number of hydrogen-bond acceptors (Lipinski definition) is 3. The normalized spacial score (nSPS) is 22.6. The zero-order valence-electron chi connectivity index (χ0n) is 14.1. The van der Waals surface area contributed by atoms with Crippen molar-refractivity contribution in [1.29, 1.82) is 0 Å². The predicted molar refractivity (Wildman–Crippen MR) is 91.6 cm³/mol. The minimum Gasteiger partial charge on any atom is -0.507 e. The number of halogens is 1. The molecule has 1 aliphatic carbocycles. The van der Waals surface area contributed by atoms with Gasteiger partial charge in [-0.25, -0.2) is 4.39 Å². The Bertz CT molecular complexity index is 572. The van der Waals surface area contributed by atoms with Crippen LogP contribution in [0.15, 0.2) is 18.2 Å². The predicted octanol–water partition coefficient (Wildman–Crippen LogP) is 3.45. The Hall–Kier alpha value is -1.62. The van der Waals surface area contributed by atoms with E-state index >= 15 is 0 Å². The fourth-order valence-corrected chi connectivity index (χ4v) is 4.19. The lowest BCUT2D eigenvalue weighted by molar-refractivity contribution is 0.0858. The lowest BCUT2D eigenvalue weighted by Gasteiger charge is -2.40. The van der Waals surface area contributed by atoms with Crippen LogP contribution in [-0.2, 0) is 0 Å². The molecule has 0 bridgehead atoms. The monoisotopic (exact) mass is 334 g/mol. The van der Waals surface area contributed by atoms with Crippen molar-refractivity contribution < 1.29 is 14.3 Å². The van der Waals surface area contributed by atoms with E-state index in [1.54, 1.807) is 0 Å². The third-order valence-corrected chi connectivity index (χ3v) is 5.43. The largest absolute Gasteiger partial charge is 0.507 e. The van der Waals surface area contributed by atoms with E-state index in [4.69, 9.17) is 0 Å². The second-order valence-electron chi connectivity index (χ2n) is 7.03. The molecule has 1 aromatic carbocycles. The number of likely N-dealkylation sites (tertiary alicyclic amines) is 1. The first-order chi connectivity index (χ1) is 11.6. The van der Waals surface area contributed by atoms with Crippen LogP contribution >= 0.6 is 0 Å². The van der Waals surface area contributed by atoms with Gasteiger partial charge in [-0.3, -0.25) is 9.69 Å². The van der Waals surface area contributed by atoms with E-state index in [-0.39, 0.29) is 11.3 Å². The molecular formula is C19H27FN2O2. The van der Waals surface area contributed by atoms with Crippen molar-refractivity contribution in [3.8, 4) is 5.75 Å². The number of piperidine rings is 1. The zero-order valence-corrected chi connectivity index (χ0v) is 14.1. The Labute approximate surface area is 143 Å². The molecule has 24 heavy (non-hydrogen) atoms. The van der Waals surface area contributed by atoms with Crippen LogP contribution in [0.2, 0.25) is 0 Å². The number of benzene rings is 1. The highest BCUT2D eigenvalue weighted by Gasteiger charge is 2.30. The van der Waals surface area contributed by atoms with Crippen molar-refractivity contribution in [2.45, 2.75) is 63.5 Å². The number of hydrogen-bond donors (Lipinski definition) is 2. The first-order valence-corrected chi connectivity index (χ1v) is 9.17. The molecule has 2 aliphatic rings. The second kappa shape index (κ2) is 7.97. The number of nitrogens with one attached hydrogen (secondary N) is 1. The number of amides is 1. The van der Waals surface area contributed by atoms with Crippen LogP contribution in [0.1, 0.15) is 61.7 Å². The van der Waals surface area contributed by atoms with Gasteiger partial charge in [-0.1, -0.05) is 19.3 Å². The average Bonchev–Trinajstić information content (AvgIpc) is 3.12. The van der Waals surface area contributed by atoms with Crippen molar-refractivity contribution in [3.63, 3.8) is 0 Å². The summed E-state index contributed by atoms with van der Waals surface area (Å²) in [5.74, 6) is -1.10. The fourth-order valence-electron chi connectivity index (χ4n) is 4.19. The molecule has 0 unspecified atom stereocenters. The van der Waals surface area contributed by atoms with Gasteiger partial charge in [0.05, 0.1) is 5.56 Å². The molecule has 2 fully saturated rings. The molecular weight excluding hydrogens is 307 g/mol. The molecule has 4 nitrogen and oxygen atoms in total. The third-order valence-electron chi connectivity index (χ3n) is 5.43. The van der Waals surface area contributed by atoms with E-state index in [1.807, 2.05) is 0 Å². The van der Waals surface area contributed by atoms with Gasteiger partial charge in [0, 0.05) is 18.6 Å². The minimum atomic E-state index is -0.516. The Morgan fingerprint density at radius 1 is 1.21 bits per heavy atom. The molecule has 1 heterocycles. The van der Waals surface area contributed by atoms with Gasteiger partial charge in [-0.2, -0.15) is 0 Å². The molecule has 0 aromatic heterocycles. The maximum Gasteiger partial charge on any atom is 0.255 e. The number of aromatic hydroxyl groups is 1. The SMILES string of the molecule is O=C(NCC[C@@H]1CCCCN1C1CCCC1)c1cc(F)ccc1O. The van der Waals surface area contributed by atoms with Gasteiger partial charge in [0.15, 0.2) is 0 Å². The summed E-state index contributed by atoms with van der Waals surface area (Å²) in [6.07, 6.45) is 9.92. The molecule has 3 rings (SSSR count). The van der Waals surface area contributed by atoms with E-state index in [9.17, 15) is 14.3 Å². The third kappa shape index (κ3) is 4.07. The Kier molecular flexibility index (Phi) is 5.72. The molecule has 0 spiro atoms. The lowest BCUT2D eigenvalue weighted by Crippen LogP contribution is -2.46. The highest BCUT2D eigenvalue weighted by Crippen LogP contribution is 2.30. The average molecular weight is 334 g/mol. The van der Waals surface area contributed by atoms with E-state index in [0.29, 0.717) is 12.6 Å². The molecule has 1 aromatic rings. The molecule has 1 amide bonds. The van der Waals surface area contributed by atoms with E-state index < -0.39 is 11.7 Å². The summed E-state index contributed by atoms with van der Waals surface area (Å²) >= 11 is 0. The smallest absolute Gasteiger partial charge is 0.255 e. The zero-order chi connectivity index (χ0) is 16.9. The topological polar surface area (TPSA) is 52.6 Å². The van der Waals surface area contributed by atoms with Crippen LogP contribution in [0.4, 0.5) is 4.39 Å². The standard InChI is InChI=1S/C19H27FN2O2/c20-14-8-9-18(23)17(13-14)19(24)21-11-10-16-7-3-4-12-22(16)15-5-1-2-6-15/h8-9,13,15-16,23H,1-7,10-12H2,(H,21,24)/t16-/m0/s1. The van der Waals surface area contributed by atoms with Gasteiger partial charge < -0.3 is 10.4 Å². The molecule has 1 saturated heterocycles. The number of rotatable bonds is 5. The van der Waals surface area contributed by atoms with Gasteiger partial charge in [-0.05, 0) is 56.8 Å². The van der Waals surface area contributed by atoms with Gasteiger partial charge in [0.25, 0.3) is 5.91 Å². The number of nitrogens with zero attached hydrogens (tertiary/aromatic N) is 1. The van der Waals surface area contributed by atoms with Crippen molar-refractivity contribution in [3.05, 3.63) is 29.6 Å². The Morgan fingerprint density at radius 2 is 1.96 bits per heavy atom. The van der Waals surface area contributed by atoms with Crippen molar-refractivity contribution in [2.24, 2.45) is 0 Å². The number of phenolic OH excluding ortho intramolecular Hbond substituents is 1. The van der Waals surface area contributed by atoms with Crippen LogP contribution in [0.25, 0.3) is 0 Å². The van der Waals surface area contributed by atoms with Crippen LogP contribution in [-0.4, -0.2) is 41.1 Å². The van der Waals surface area contributed by atoms with Crippen molar-refractivity contribution >= 4 is 5.91 Å². The van der Waals surface area contributed by atoms with Gasteiger partial charge in [0.1, 0.15) is 11.6 Å². The highest BCUT2D eigenvalue weighted by atomic mass is 19.1. The van der Waals surface area contributed by atoms with E-state index in [1.165, 1.54) is 57.6 Å². The minimum absolute atomic E-state index is 0.00583. The maximum atomic E-state index is 13.2. The summed E-state index contributed by atoms with van der Waals surface area (Å²) in [4.78, 5) is 14.8. The number of carbonyl (C=O) groups is 1. The summed E-state index contributed by atoms with van der Waals surface area (Å²) in [5.41, 5.74) is 0.00583. The van der Waals surface area contributed by atoms with Crippen LogP contribution in [0.3, 0.4) is 0 Å². The first kappa shape index (κ1) is 17.2. The number of phenols is 1. The van der Waals surface area contributed by atoms with Gasteiger partial charge in [-0.15, -0.1) is 0 Å². The lowest BCUT2D eigenvalue weighted by atomic mass is 9.96. The summed E-state index contributed by atoms with van der Waals surface area (Å²) in [6, 6.07) is 4.69. The summed E-state index contributed by atoms with van der Waals surface area (Å²) in [5, 5.41) is 12.5. The molecule has 0 radical (unpaired) electrons. The van der Waals surface area contributed by atoms with Crippen LogP contribution < -0.4 is 5.32 Å². The van der Waals surface area contributed by atoms with Crippen LogP contribution in [0.5, 0.6) is 5.75 Å². The summed E-state index contributed by atoms with van der Waals surface area (Å²) in [7, 11) is 0. The quantitative estimate of drug-likeness (QED) is 0.867. The Morgan fingerprint density at radius 3 is 2.75 bits per heavy atom. The highest BCUT2D eigenvalue weighted by molar-refractivity contribution is 5.96. The molecule has 1 saturated carbocycles. The molecule has 132 valence electrons. The first-order valence-electron chi connectivity index (χ1n) is 9.17. The molecule has 5 heteroatoms. The molecule has 1 atom stereocenters. The molecule has 1 aliphatic heterocycles. The summed E-state index contributed by atoms with van der Waals surface area (Å²) < 4.78 is 13.2. The van der Waals surface area contributed by atoms with Gasteiger partial charge >= 0.3 is 0 Å². The van der Waals surface area contributed by atoms with E-state index in [2.05, 4.69) is 10.2 Å². The van der Waals surface area contributed by atoms with E-state index in [0.717, 1.165) is 24.6 Å². The summed E-state index contributed by atoms with van der Waals surface area (Å²) in [6.45, 7) is 1.73. The number of carbonyl (C=O) groups excluding carboxylic acids is 1.